The van der Waals surface area contributed by atoms with E-state index in [0.29, 0.717) is 5.92 Å². The maximum Gasteiger partial charge on any atom is 0.145 e. The zero-order chi connectivity index (χ0) is 9.68. The van der Waals surface area contributed by atoms with Gasteiger partial charge in [0.1, 0.15) is 6.29 Å². The van der Waals surface area contributed by atoms with Crippen molar-refractivity contribution in [1.82, 2.24) is 0 Å². The third-order valence-electron chi connectivity index (χ3n) is 2.85. The Morgan fingerprint density at radius 1 is 1.31 bits per heavy atom. The van der Waals surface area contributed by atoms with E-state index in [9.17, 15) is 4.79 Å². The second kappa shape index (κ2) is 5.00. The largest absolute Gasteiger partial charge is 0.298 e. The van der Waals surface area contributed by atoms with E-state index in [1.165, 1.54) is 24.8 Å². The molecule has 0 aromatic rings. The molecular weight excluding hydrogens is 160 g/mol. The monoisotopic (exact) mass is 178 g/mol. The SMILES string of the molecule is C=CC(C)C1=C(C=O)CCCCC1. The first-order chi connectivity index (χ1) is 6.29. The van der Waals surface area contributed by atoms with Gasteiger partial charge in [-0.25, -0.2) is 0 Å². The van der Waals surface area contributed by atoms with Crippen LogP contribution in [0.15, 0.2) is 23.8 Å². The number of hydrogen-bond acceptors (Lipinski definition) is 1. The second-order valence-electron chi connectivity index (χ2n) is 3.75. The van der Waals surface area contributed by atoms with Crippen LogP contribution in [0.25, 0.3) is 0 Å². The Morgan fingerprint density at radius 3 is 2.62 bits per heavy atom. The molecule has 1 aliphatic carbocycles. The van der Waals surface area contributed by atoms with Crippen LogP contribution in [0.2, 0.25) is 0 Å². The molecule has 1 unspecified atom stereocenters. The van der Waals surface area contributed by atoms with Gasteiger partial charge in [-0.2, -0.15) is 0 Å². The van der Waals surface area contributed by atoms with Crippen molar-refractivity contribution in [3.63, 3.8) is 0 Å². The third-order valence-corrected chi connectivity index (χ3v) is 2.85. The van der Waals surface area contributed by atoms with E-state index in [1.807, 2.05) is 6.08 Å². The highest BCUT2D eigenvalue weighted by Gasteiger charge is 2.13. The standard InChI is InChI=1S/C12H18O/c1-3-10(2)12-8-6-4-5-7-11(12)9-13/h3,9-10H,1,4-8H2,2H3. The summed E-state index contributed by atoms with van der Waals surface area (Å²) in [7, 11) is 0. The zero-order valence-electron chi connectivity index (χ0n) is 8.38. The molecule has 0 aliphatic heterocycles. The first kappa shape index (κ1) is 10.2. The minimum absolute atomic E-state index is 0.373. The van der Waals surface area contributed by atoms with Crippen LogP contribution >= 0.6 is 0 Å². The summed E-state index contributed by atoms with van der Waals surface area (Å²) in [6.45, 7) is 5.91. The minimum atomic E-state index is 0.373. The van der Waals surface area contributed by atoms with Crippen molar-refractivity contribution in [3.8, 4) is 0 Å². The van der Waals surface area contributed by atoms with Gasteiger partial charge in [-0.15, -0.1) is 6.58 Å². The zero-order valence-corrected chi connectivity index (χ0v) is 8.38. The van der Waals surface area contributed by atoms with E-state index in [1.54, 1.807) is 0 Å². The molecule has 0 amide bonds. The van der Waals surface area contributed by atoms with Crippen molar-refractivity contribution in [2.24, 2.45) is 5.92 Å². The summed E-state index contributed by atoms with van der Waals surface area (Å²) in [4.78, 5) is 10.9. The number of carbonyl (C=O) groups is 1. The van der Waals surface area contributed by atoms with E-state index < -0.39 is 0 Å². The van der Waals surface area contributed by atoms with Gasteiger partial charge in [0.2, 0.25) is 0 Å². The molecule has 1 heteroatoms. The molecule has 0 N–H and O–H groups in total. The van der Waals surface area contributed by atoms with Gasteiger partial charge in [0.05, 0.1) is 0 Å². The first-order valence-electron chi connectivity index (χ1n) is 5.09. The number of allylic oxidation sites excluding steroid dienone is 3. The quantitative estimate of drug-likeness (QED) is 0.479. The fourth-order valence-corrected chi connectivity index (χ4v) is 1.93. The Bertz CT molecular complexity index is 225. The molecule has 0 aromatic carbocycles. The predicted molar refractivity (Wildman–Crippen MR) is 55.5 cm³/mol. The topological polar surface area (TPSA) is 17.1 Å². The van der Waals surface area contributed by atoms with Crippen molar-refractivity contribution in [2.45, 2.75) is 39.0 Å². The Morgan fingerprint density at radius 2 is 2.00 bits per heavy atom. The molecule has 72 valence electrons. The highest BCUT2D eigenvalue weighted by molar-refractivity contribution is 5.74. The van der Waals surface area contributed by atoms with Crippen molar-refractivity contribution >= 4 is 6.29 Å². The Hall–Kier alpha value is -0.850. The average Bonchev–Trinajstić information content (AvgIpc) is 2.41. The van der Waals surface area contributed by atoms with E-state index in [-0.39, 0.29) is 0 Å². The fourth-order valence-electron chi connectivity index (χ4n) is 1.93. The minimum Gasteiger partial charge on any atom is -0.298 e. The van der Waals surface area contributed by atoms with Crippen molar-refractivity contribution in [2.75, 3.05) is 0 Å². The highest BCUT2D eigenvalue weighted by Crippen LogP contribution is 2.28. The molecule has 1 aliphatic rings. The van der Waals surface area contributed by atoms with Gasteiger partial charge in [-0.3, -0.25) is 4.79 Å². The van der Waals surface area contributed by atoms with Gasteiger partial charge >= 0.3 is 0 Å². The lowest BCUT2D eigenvalue weighted by atomic mass is 9.93. The normalized spacial score (nSPS) is 20.7. The van der Waals surface area contributed by atoms with Gasteiger partial charge in [0.25, 0.3) is 0 Å². The molecule has 13 heavy (non-hydrogen) atoms. The predicted octanol–water partition coefficient (Wildman–Crippen LogP) is 3.27. The van der Waals surface area contributed by atoms with Crippen LogP contribution in [0, 0.1) is 5.92 Å². The summed E-state index contributed by atoms with van der Waals surface area (Å²) >= 11 is 0. The molecule has 0 saturated carbocycles. The molecule has 0 aromatic heterocycles. The summed E-state index contributed by atoms with van der Waals surface area (Å²) in [5.74, 6) is 0.373. The summed E-state index contributed by atoms with van der Waals surface area (Å²) in [5, 5.41) is 0. The molecule has 0 heterocycles. The summed E-state index contributed by atoms with van der Waals surface area (Å²) in [6, 6.07) is 0. The lowest BCUT2D eigenvalue weighted by Gasteiger charge is -2.12. The molecule has 1 rings (SSSR count). The van der Waals surface area contributed by atoms with Crippen LogP contribution in [0.3, 0.4) is 0 Å². The summed E-state index contributed by atoms with van der Waals surface area (Å²) < 4.78 is 0. The maximum atomic E-state index is 10.9. The molecule has 1 nitrogen and oxygen atoms in total. The lowest BCUT2D eigenvalue weighted by Crippen LogP contribution is -2.00. The molecule has 0 spiro atoms. The van der Waals surface area contributed by atoms with E-state index >= 15 is 0 Å². The van der Waals surface area contributed by atoms with Crippen LogP contribution in [0.4, 0.5) is 0 Å². The van der Waals surface area contributed by atoms with Crippen LogP contribution in [-0.4, -0.2) is 6.29 Å². The van der Waals surface area contributed by atoms with Gasteiger partial charge in [-0.1, -0.05) is 25.0 Å². The van der Waals surface area contributed by atoms with Crippen LogP contribution < -0.4 is 0 Å². The van der Waals surface area contributed by atoms with Gasteiger partial charge in [0.15, 0.2) is 0 Å². The maximum absolute atomic E-state index is 10.9. The smallest absolute Gasteiger partial charge is 0.145 e. The summed E-state index contributed by atoms with van der Waals surface area (Å²) in [6.07, 6.45) is 8.68. The van der Waals surface area contributed by atoms with Crippen molar-refractivity contribution in [1.29, 1.82) is 0 Å². The second-order valence-corrected chi connectivity index (χ2v) is 3.75. The van der Waals surface area contributed by atoms with Crippen molar-refractivity contribution in [3.05, 3.63) is 23.8 Å². The first-order valence-corrected chi connectivity index (χ1v) is 5.09. The van der Waals surface area contributed by atoms with Crippen LogP contribution in [0.5, 0.6) is 0 Å². The highest BCUT2D eigenvalue weighted by atomic mass is 16.1. The Kier molecular flexibility index (Phi) is 3.94. The Balaban J connectivity index is 2.87. The van der Waals surface area contributed by atoms with E-state index in [4.69, 9.17) is 0 Å². The fraction of sp³-hybridized carbons (Fsp3) is 0.583. The van der Waals surface area contributed by atoms with E-state index in [2.05, 4.69) is 13.5 Å². The number of aldehydes is 1. The van der Waals surface area contributed by atoms with Crippen LogP contribution in [0.1, 0.15) is 39.0 Å². The van der Waals surface area contributed by atoms with Crippen LogP contribution in [-0.2, 0) is 4.79 Å². The number of rotatable bonds is 3. The van der Waals surface area contributed by atoms with E-state index in [0.717, 1.165) is 24.7 Å². The van der Waals surface area contributed by atoms with Gasteiger partial charge in [-0.05, 0) is 37.2 Å². The molecule has 1 atom stereocenters. The molecule has 0 fully saturated rings. The van der Waals surface area contributed by atoms with Crippen molar-refractivity contribution < 1.29 is 4.79 Å². The lowest BCUT2D eigenvalue weighted by molar-refractivity contribution is -0.105. The summed E-state index contributed by atoms with van der Waals surface area (Å²) in [5.41, 5.74) is 2.35. The number of carbonyl (C=O) groups excluding carboxylic acids is 1. The average molecular weight is 178 g/mol. The molecule has 0 saturated heterocycles. The molecular formula is C12H18O. The van der Waals surface area contributed by atoms with Gasteiger partial charge < -0.3 is 0 Å². The number of hydrogen-bond donors (Lipinski definition) is 0. The Labute approximate surface area is 80.5 Å². The molecule has 0 bridgehead atoms. The molecule has 0 radical (unpaired) electrons. The third kappa shape index (κ3) is 2.55. The van der Waals surface area contributed by atoms with Gasteiger partial charge in [0, 0.05) is 0 Å².